The molecule has 2 aromatic rings. The van der Waals surface area contributed by atoms with Crippen LogP contribution in [0.1, 0.15) is 30.9 Å². The smallest absolute Gasteiger partial charge is 0.0458 e. The Bertz CT molecular complexity index is 514. The second-order valence-electron chi connectivity index (χ2n) is 4.72. The molecule has 1 aromatic carbocycles. The SMILES string of the molecule is N[C@H](CC1CC1)c1c[nH]c2ccc(Br)cc12. The molecule has 1 saturated carbocycles. The predicted octanol–water partition coefficient (Wildman–Crippen LogP) is 3.73. The number of rotatable bonds is 3. The summed E-state index contributed by atoms with van der Waals surface area (Å²) in [6, 6.07) is 6.46. The average Bonchev–Trinajstić information content (AvgIpc) is 2.96. The number of aromatic nitrogens is 1. The van der Waals surface area contributed by atoms with Crippen molar-refractivity contribution in [2.45, 2.75) is 25.3 Å². The molecule has 1 aromatic heterocycles. The Morgan fingerprint density at radius 3 is 3.00 bits per heavy atom. The van der Waals surface area contributed by atoms with Gasteiger partial charge in [-0.15, -0.1) is 0 Å². The summed E-state index contributed by atoms with van der Waals surface area (Å²) in [7, 11) is 0. The summed E-state index contributed by atoms with van der Waals surface area (Å²) >= 11 is 3.51. The van der Waals surface area contributed by atoms with Crippen molar-refractivity contribution in [1.82, 2.24) is 4.98 Å². The van der Waals surface area contributed by atoms with E-state index in [4.69, 9.17) is 5.73 Å². The first-order valence-electron chi connectivity index (χ1n) is 5.76. The number of benzene rings is 1. The van der Waals surface area contributed by atoms with Gasteiger partial charge in [0.05, 0.1) is 0 Å². The fourth-order valence-electron chi connectivity index (χ4n) is 2.26. The summed E-state index contributed by atoms with van der Waals surface area (Å²) in [4.78, 5) is 3.29. The number of fused-ring (bicyclic) bond motifs is 1. The number of aromatic amines is 1. The van der Waals surface area contributed by atoms with Crippen LogP contribution in [0.25, 0.3) is 10.9 Å². The summed E-state index contributed by atoms with van der Waals surface area (Å²) < 4.78 is 1.11. The molecule has 0 aliphatic heterocycles. The van der Waals surface area contributed by atoms with E-state index in [0.717, 1.165) is 16.8 Å². The zero-order valence-corrected chi connectivity index (χ0v) is 10.6. The minimum Gasteiger partial charge on any atom is -0.361 e. The lowest BCUT2D eigenvalue weighted by Crippen LogP contribution is -2.10. The fourth-order valence-corrected chi connectivity index (χ4v) is 2.62. The van der Waals surface area contributed by atoms with E-state index in [0.29, 0.717) is 0 Å². The van der Waals surface area contributed by atoms with E-state index in [1.165, 1.54) is 29.3 Å². The van der Waals surface area contributed by atoms with E-state index >= 15 is 0 Å². The Balaban J connectivity index is 1.98. The van der Waals surface area contributed by atoms with Gasteiger partial charge >= 0.3 is 0 Å². The minimum atomic E-state index is 0.176. The van der Waals surface area contributed by atoms with Crippen LogP contribution < -0.4 is 5.73 Å². The zero-order valence-electron chi connectivity index (χ0n) is 9.04. The van der Waals surface area contributed by atoms with Crippen LogP contribution in [0.4, 0.5) is 0 Å². The molecule has 1 aliphatic rings. The van der Waals surface area contributed by atoms with Gasteiger partial charge in [0.2, 0.25) is 0 Å². The number of hydrogen-bond donors (Lipinski definition) is 2. The van der Waals surface area contributed by atoms with Crippen LogP contribution in [0, 0.1) is 5.92 Å². The van der Waals surface area contributed by atoms with Gasteiger partial charge in [0.15, 0.2) is 0 Å². The molecular weight excluding hydrogens is 264 g/mol. The number of halogens is 1. The Morgan fingerprint density at radius 1 is 1.44 bits per heavy atom. The quantitative estimate of drug-likeness (QED) is 0.883. The van der Waals surface area contributed by atoms with E-state index < -0.39 is 0 Å². The number of hydrogen-bond acceptors (Lipinski definition) is 1. The van der Waals surface area contributed by atoms with Crippen molar-refractivity contribution < 1.29 is 0 Å². The van der Waals surface area contributed by atoms with Crippen LogP contribution >= 0.6 is 15.9 Å². The van der Waals surface area contributed by atoms with Crippen molar-refractivity contribution in [2.24, 2.45) is 11.7 Å². The summed E-state index contributed by atoms with van der Waals surface area (Å²) in [5, 5.41) is 1.25. The van der Waals surface area contributed by atoms with Crippen LogP contribution in [0.5, 0.6) is 0 Å². The van der Waals surface area contributed by atoms with Crippen LogP contribution in [-0.4, -0.2) is 4.98 Å². The largest absolute Gasteiger partial charge is 0.361 e. The zero-order chi connectivity index (χ0) is 11.1. The third-order valence-electron chi connectivity index (χ3n) is 3.36. The fraction of sp³-hybridized carbons (Fsp3) is 0.385. The van der Waals surface area contributed by atoms with E-state index in [2.05, 4.69) is 45.3 Å². The van der Waals surface area contributed by atoms with Gasteiger partial charge in [0.25, 0.3) is 0 Å². The molecule has 0 amide bonds. The number of nitrogens with one attached hydrogen (secondary N) is 1. The maximum atomic E-state index is 6.26. The van der Waals surface area contributed by atoms with Crippen molar-refractivity contribution in [1.29, 1.82) is 0 Å². The van der Waals surface area contributed by atoms with Crippen molar-refractivity contribution in [3.05, 3.63) is 34.4 Å². The Kier molecular flexibility index (Phi) is 2.52. The molecule has 16 heavy (non-hydrogen) atoms. The summed E-state index contributed by atoms with van der Waals surface area (Å²) in [6.07, 6.45) is 5.91. The highest BCUT2D eigenvalue weighted by Crippen LogP contribution is 2.38. The highest BCUT2D eigenvalue weighted by Gasteiger charge is 2.25. The molecule has 0 spiro atoms. The first-order valence-corrected chi connectivity index (χ1v) is 6.55. The lowest BCUT2D eigenvalue weighted by atomic mass is 10.0. The first-order chi connectivity index (χ1) is 7.74. The molecule has 84 valence electrons. The molecule has 1 heterocycles. The minimum absolute atomic E-state index is 0.176. The Morgan fingerprint density at radius 2 is 2.25 bits per heavy atom. The molecular formula is C13H15BrN2. The standard InChI is InChI=1S/C13H15BrN2/c14-9-3-4-13-10(6-9)11(7-16-13)12(15)5-8-1-2-8/h3-4,6-8,12,16H,1-2,5,15H2/t12-/m1/s1. The third-order valence-corrected chi connectivity index (χ3v) is 3.85. The Labute approximate surface area is 103 Å². The highest BCUT2D eigenvalue weighted by molar-refractivity contribution is 9.10. The van der Waals surface area contributed by atoms with E-state index in [1.807, 2.05) is 0 Å². The second kappa shape index (κ2) is 3.90. The molecule has 0 unspecified atom stereocenters. The predicted molar refractivity (Wildman–Crippen MR) is 70.3 cm³/mol. The van der Waals surface area contributed by atoms with Crippen LogP contribution in [0.15, 0.2) is 28.9 Å². The lowest BCUT2D eigenvalue weighted by Gasteiger charge is -2.09. The monoisotopic (exact) mass is 278 g/mol. The average molecular weight is 279 g/mol. The summed E-state index contributed by atoms with van der Waals surface area (Å²) in [5.74, 6) is 0.868. The van der Waals surface area contributed by atoms with E-state index in [1.54, 1.807) is 0 Å². The normalized spacial score (nSPS) is 17.9. The first kappa shape index (κ1) is 10.4. The van der Waals surface area contributed by atoms with Crippen molar-refractivity contribution in [2.75, 3.05) is 0 Å². The topological polar surface area (TPSA) is 41.8 Å². The van der Waals surface area contributed by atoms with Crippen molar-refractivity contribution >= 4 is 26.8 Å². The van der Waals surface area contributed by atoms with E-state index in [9.17, 15) is 0 Å². The van der Waals surface area contributed by atoms with Gasteiger partial charge in [0, 0.05) is 27.6 Å². The molecule has 0 radical (unpaired) electrons. The lowest BCUT2D eigenvalue weighted by molar-refractivity contribution is 0.600. The molecule has 1 aliphatic carbocycles. The molecule has 3 heteroatoms. The van der Waals surface area contributed by atoms with Gasteiger partial charge < -0.3 is 10.7 Å². The number of nitrogens with two attached hydrogens (primary N) is 1. The number of H-pyrrole nitrogens is 1. The molecule has 0 bridgehead atoms. The summed E-state index contributed by atoms with van der Waals surface area (Å²) in [6.45, 7) is 0. The molecule has 0 saturated heterocycles. The maximum absolute atomic E-state index is 6.26. The van der Waals surface area contributed by atoms with Gasteiger partial charge in [-0.1, -0.05) is 28.8 Å². The Hall–Kier alpha value is -0.800. The van der Waals surface area contributed by atoms with Gasteiger partial charge in [-0.2, -0.15) is 0 Å². The highest BCUT2D eigenvalue weighted by atomic mass is 79.9. The second-order valence-corrected chi connectivity index (χ2v) is 5.64. The summed E-state index contributed by atoms with van der Waals surface area (Å²) in [5.41, 5.74) is 8.68. The van der Waals surface area contributed by atoms with Gasteiger partial charge in [-0.05, 0) is 36.1 Å². The molecule has 1 atom stereocenters. The van der Waals surface area contributed by atoms with Gasteiger partial charge in [0.1, 0.15) is 0 Å². The van der Waals surface area contributed by atoms with Gasteiger partial charge in [-0.25, -0.2) is 0 Å². The third kappa shape index (κ3) is 1.89. The molecule has 3 rings (SSSR count). The van der Waals surface area contributed by atoms with Crippen LogP contribution in [-0.2, 0) is 0 Å². The van der Waals surface area contributed by atoms with Crippen molar-refractivity contribution in [3.8, 4) is 0 Å². The maximum Gasteiger partial charge on any atom is 0.0458 e. The van der Waals surface area contributed by atoms with E-state index in [-0.39, 0.29) is 6.04 Å². The van der Waals surface area contributed by atoms with Crippen LogP contribution in [0.2, 0.25) is 0 Å². The molecule has 1 fully saturated rings. The van der Waals surface area contributed by atoms with Crippen molar-refractivity contribution in [3.63, 3.8) is 0 Å². The van der Waals surface area contributed by atoms with Gasteiger partial charge in [-0.3, -0.25) is 0 Å². The molecule has 3 N–H and O–H groups in total. The molecule has 2 nitrogen and oxygen atoms in total. The van der Waals surface area contributed by atoms with Crippen LogP contribution in [0.3, 0.4) is 0 Å².